The second-order valence-electron chi connectivity index (χ2n) is 4.23. The number of carboxylic acids is 1. The van der Waals surface area contributed by atoms with E-state index in [1.807, 2.05) is 13.8 Å². The van der Waals surface area contributed by atoms with Gasteiger partial charge in [-0.15, -0.1) is 0 Å². The Bertz CT molecular complexity index is 337. The second-order valence-corrected chi connectivity index (χ2v) is 6.26. The van der Waals surface area contributed by atoms with E-state index in [0.717, 1.165) is 12.8 Å². The van der Waals surface area contributed by atoms with Crippen LogP contribution in [0.2, 0.25) is 0 Å². The predicted octanol–water partition coefficient (Wildman–Crippen LogP) is 1.15. The number of carboxylic acid groups (broad SMARTS) is 1. The van der Waals surface area contributed by atoms with E-state index in [1.165, 1.54) is 15.7 Å². The van der Waals surface area contributed by atoms with Crippen molar-refractivity contribution in [3.05, 3.63) is 0 Å². The molecule has 0 aliphatic carbocycles. The molecule has 0 atom stereocenters. The summed E-state index contributed by atoms with van der Waals surface area (Å²) in [6.45, 7) is 5.10. The smallest absolute Gasteiger partial charge is 0.303 e. The van der Waals surface area contributed by atoms with E-state index in [0.29, 0.717) is 19.5 Å². The highest BCUT2D eigenvalue weighted by Gasteiger charge is 2.25. The molecule has 0 aromatic heterocycles. The molecule has 0 amide bonds. The quantitative estimate of drug-likeness (QED) is 0.651. The van der Waals surface area contributed by atoms with Gasteiger partial charge in [0.25, 0.3) is 10.2 Å². The molecule has 0 aliphatic rings. The Morgan fingerprint density at radius 1 is 1.11 bits per heavy atom. The molecule has 7 heteroatoms. The monoisotopic (exact) mass is 280 g/mol. The van der Waals surface area contributed by atoms with E-state index >= 15 is 0 Å². The molecule has 0 spiro atoms. The molecule has 0 aromatic rings. The molecular formula is C11H24N2O4S. The molecule has 0 heterocycles. The molecule has 0 aromatic carbocycles. The molecule has 18 heavy (non-hydrogen) atoms. The normalized spacial score (nSPS) is 12.3. The number of nitrogens with zero attached hydrogens (tertiary/aromatic N) is 2. The number of carbonyl (C=O) groups is 1. The first-order chi connectivity index (χ1) is 8.36. The highest BCUT2D eigenvalue weighted by Crippen LogP contribution is 2.09. The van der Waals surface area contributed by atoms with Crippen molar-refractivity contribution in [2.24, 2.45) is 0 Å². The Morgan fingerprint density at radius 3 is 2.00 bits per heavy atom. The third-order valence-electron chi connectivity index (χ3n) is 2.53. The molecule has 0 unspecified atom stereocenters. The predicted molar refractivity (Wildman–Crippen MR) is 70.6 cm³/mol. The molecule has 0 rings (SSSR count). The standard InChI is InChI=1S/C11H24N2O4S/c1-4-8-13(9-5-2)18(16,17)12(3)10-6-7-11(14)15/h4-10H2,1-3H3,(H,14,15). The van der Waals surface area contributed by atoms with Gasteiger partial charge in [0.15, 0.2) is 0 Å². The Hall–Kier alpha value is -0.660. The third-order valence-corrected chi connectivity index (χ3v) is 4.52. The lowest BCUT2D eigenvalue weighted by Crippen LogP contribution is -2.43. The fourth-order valence-corrected chi connectivity index (χ4v) is 3.19. The summed E-state index contributed by atoms with van der Waals surface area (Å²) in [7, 11) is -1.95. The van der Waals surface area contributed by atoms with E-state index < -0.39 is 16.2 Å². The molecular weight excluding hydrogens is 256 g/mol. The first-order valence-electron chi connectivity index (χ1n) is 6.29. The van der Waals surface area contributed by atoms with Crippen LogP contribution in [0.1, 0.15) is 39.5 Å². The van der Waals surface area contributed by atoms with Crippen LogP contribution in [-0.2, 0) is 15.0 Å². The maximum atomic E-state index is 12.2. The zero-order valence-corrected chi connectivity index (χ0v) is 12.2. The lowest BCUT2D eigenvalue weighted by Gasteiger charge is -2.26. The summed E-state index contributed by atoms with van der Waals surface area (Å²) < 4.78 is 27.1. The maximum absolute atomic E-state index is 12.2. The first kappa shape index (κ1) is 17.3. The van der Waals surface area contributed by atoms with Crippen molar-refractivity contribution in [2.45, 2.75) is 39.5 Å². The van der Waals surface area contributed by atoms with Gasteiger partial charge in [0.1, 0.15) is 0 Å². The van der Waals surface area contributed by atoms with Crippen LogP contribution in [-0.4, -0.2) is 54.8 Å². The Morgan fingerprint density at radius 2 is 1.61 bits per heavy atom. The third kappa shape index (κ3) is 5.79. The van der Waals surface area contributed by atoms with Crippen LogP contribution < -0.4 is 0 Å². The zero-order chi connectivity index (χ0) is 14.2. The van der Waals surface area contributed by atoms with Crippen LogP contribution in [0.5, 0.6) is 0 Å². The van der Waals surface area contributed by atoms with Crippen molar-refractivity contribution >= 4 is 16.2 Å². The lowest BCUT2D eigenvalue weighted by molar-refractivity contribution is -0.137. The topological polar surface area (TPSA) is 77.9 Å². The Balaban J connectivity index is 4.51. The average Bonchev–Trinajstić information content (AvgIpc) is 2.28. The van der Waals surface area contributed by atoms with Crippen LogP contribution in [0.25, 0.3) is 0 Å². The Labute approximate surface area is 110 Å². The summed E-state index contributed by atoms with van der Waals surface area (Å²) in [6, 6.07) is 0. The van der Waals surface area contributed by atoms with Crippen LogP contribution in [0.4, 0.5) is 0 Å². The van der Waals surface area contributed by atoms with Crippen molar-refractivity contribution in [3.63, 3.8) is 0 Å². The zero-order valence-electron chi connectivity index (χ0n) is 11.4. The second kappa shape index (κ2) is 8.44. The number of rotatable bonds is 10. The highest BCUT2D eigenvalue weighted by molar-refractivity contribution is 7.86. The fourth-order valence-electron chi connectivity index (χ4n) is 1.61. The summed E-state index contributed by atoms with van der Waals surface area (Å²) >= 11 is 0. The fraction of sp³-hybridized carbons (Fsp3) is 0.909. The first-order valence-corrected chi connectivity index (χ1v) is 7.69. The van der Waals surface area contributed by atoms with Crippen molar-refractivity contribution in [1.82, 2.24) is 8.61 Å². The highest BCUT2D eigenvalue weighted by atomic mass is 32.2. The molecule has 0 bridgehead atoms. The maximum Gasteiger partial charge on any atom is 0.303 e. The molecule has 0 aliphatic heterocycles. The minimum Gasteiger partial charge on any atom is -0.481 e. The van der Waals surface area contributed by atoms with Gasteiger partial charge >= 0.3 is 5.97 Å². The van der Waals surface area contributed by atoms with Gasteiger partial charge in [-0.1, -0.05) is 13.8 Å². The molecule has 6 nitrogen and oxygen atoms in total. The van der Waals surface area contributed by atoms with Crippen LogP contribution in [0.15, 0.2) is 0 Å². The summed E-state index contributed by atoms with van der Waals surface area (Å²) in [6.07, 6.45) is 1.85. The van der Waals surface area contributed by atoms with Crippen molar-refractivity contribution < 1.29 is 18.3 Å². The van der Waals surface area contributed by atoms with Crippen LogP contribution in [0, 0.1) is 0 Å². The average molecular weight is 280 g/mol. The van der Waals surface area contributed by atoms with Crippen LogP contribution in [0.3, 0.4) is 0 Å². The summed E-state index contributed by atoms with van der Waals surface area (Å²) in [5.41, 5.74) is 0. The van der Waals surface area contributed by atoms with Gasteiger partial charge in [0.05, 0.1) is 0 Å². The van der Waals surface area contributed by atoms with E-state index in [9.17, 15) is 13.2 Å². The molecule has 108 valence electrons. The summed E-state index contributed by atoms with van der Waals surface area (Å²) in [4.78, 5) is 10.4. The van der Waals surface area contributed by atoms with Gasteiger partial charge in [-0.05, 0) is 19.3 Å². The van der Waals surface area contributed by atoms with Gasteiger partial charge in [0.2, 0.25) is 0 Å². The molecule has 0 fully saturated rings. The lowest BCUT2D eigenvalue weighted by atomic mass is 10.3. The number of hydrogen-bond acceptors (Lipinski definition) is 3. The van der Waals surface area contributed by atoms with Crippen molar-refractivity contribution in [3.8, 4) is 0 Å². The summed E-state index contributed by atoms with van der Waals surface area (Å²) in [5, 5.41) is 8.53. The number of hydrogen-bond donors (Lipinski definition) is 1. The molecule has 0 saturated heterocycles. The van der Waals surface area contributed by atoms with Crippen LogP contribution >= 0.6 is 0 Å². The minimum absolute atomic E-state index is 0.0125. The minimum atomic E-state index is -3.45. The van der Waals surface area contributed by atoms with Gasteiger partial charge < -0.3 is 5.11 Å². The van der Waals surface area contributed by atoms with E-state index in [4.69, 9.17) is 5.11 Å². The SMILES string of the molecule is CCCN(CCC)S(=O)(=O)N(C)CCCC(=O)O. The Kier molecular flexibility index (Phi) is 8.13. The summed E-state index contributed by atoms with van der Waals surface area (Å²) in [5.74, 6) is -0.903. The molecule has 0 radical (unpaired) electrons. The van der Waals surface area contributed by atoms with Gasteiger partial charge in [-0.3, -0.25) is 4.79 Å². The van der Waals surface area contributed by atoms with E-state index in [-0.39, 0.29) is 13.0 Å². The largest absolute Gasteiger partial charge is 0.481 e. The van der Waals surface area contributed by atoms with E-state index in [1.54, 1.807) is 0 Å². The van der Waals surface area contributed by atoms with Gasteiger partial charge in [-0.25, -0.2) is 0 Å². The van der Waals surface area contributed by atoms with Gasteiger partial charge in [-0.2, -0.15) is 17.0 Å². The molecule has 1 N–H and O–H groups in total. The number of aliphatic carboxylic acids is 1. The molecule has 0 saturated carbocycles. The van der Waals surface area contributed by atoms with E-state index in [2.05, 4.69) is 0 Å². The van der Waals surface area contributed by atoms with Gasteiger partial charge in [0, 0.05) is 33.1 Å². The van der Waals surface area contributed by atoms with Crippen molar-refractivity contribution in [1.29, 1.82) is 0 Å². The van der Waals surface area contributed by atoms with Crippen molar-refractivity contribution in [2.75, 3.05) is 26.7 Å².